The molecule has 3 nitrogen and oxygen atoms in total. The normalized spacial score (nSPS) is 11.8. The zero-order valence-corrected chi connectivity index (χ0v) is 16.4. The van der Waals surface area contributed by atoms with Gasteiger partial charge in [-0.15, -0.1) is 0 Å². The second-order valence-corrected chi connectivity index (χ2v) is 7.73. The molecule has 0 aromatic heterocycles. The standard InChI is InChI=1S/C23H29NO2/c1-17(2)26-21-13-8-19(9-14-21)16-24-22(25)15-10-18-6-11-20(12-7-18)23(3,4)5/h6-15,17H,16H2,1-5H3,(H,24,25)/b15-10+. The summed E-state index contributed by atoms with van der Waals surface area (Å²) in [7, 11) is 0. The highest BCUT2D eigenvalue weighted by Gasteiger charge is 2.12. The van der Waals surface area contributed by atoms with Gasteiger partial charge in [-0.3, -0.25) is 4.79 Å². The van der Waals surface area contributed by atoms with E-state index in [4.69, 9.17) is 4.74 Å². The monoisotopic (exact) mass is 351 g/mol. The topological polar surface area (TPSA) is 38.3 Å². The van der Waals surface area contributed by atoms with Crippen molar-refractivity contribution in [2.45, 2.75) is 52.7 Å². The third kappa shape index (κ3) is 6.40. The fourth-order valence-corrected chi connectivity index (χ4v) is 2.47. The Hall–Kier alpha value is -2.55. The summed E-state index contributed by atoms with van der Waals surface area (Å²) in [6.07, 6.45) is 3.56. The van der Waals surface area contributed by atoms with Crippen molar-refractivity contribution >= 4 is 12.0 Å². The number of carbonyl (C=O) groups is 1. The SMILES string of the molecule is CC(C)Oc1ccc(CNC(=O)/C=C/c2ccc(C(C)(C)C)cc2)cc1. The number of nitrogens with one attached hydrogen (secondary N) is 1. The molecule has 26 heavy (non-hydrogen) atoms. The molecule has 0 aliphatic heterocycles. The van der Waals surface area contributed by atoms with E-state index in [1.54, 1.807) is 6.08 Å². The van der Waals surface area contributed by atoms with Gasteiger partial charge in [0, 0.05) is 12.6 Å². The molecular formula is C23H29NO2. The van der Waals surface area contributed by atoms with Crippen molar-refractivity contribution in [1.29, 1.82) is 0 Å². The minimum absolute atomic E-state index is 0.104. The molecule has 0 radical (unpaired) electrons. The highest BCUT2D eigenvalue weighted by Crippen LogP contribution is 2.22. The Morgan fingerprint density at radius 3 is 2.19 bits per heavy atom. The Morgan fingerprint density at radius 1 is 1.04 bits per heavy atom. The maximum atomic E-state index is 12.0. The van der Waals surface area contributed by atoms with Crippen molar-refractivity contribution in [2.24, 2.45) is 0 Å². The molecule has 2 rings (SSSR count). The van der Waals surface area contributed by atoms with Crippen LogP contribution in [0.4, 0.5) is 0 Å². The van der Waals surface area contributed by atoms with E-state index in [0.717, 1.165) is 16.9 Å². The largest absolute Gasteiger partial charge is 0.491 e. The molecule has 138 valence electrons. The smallest absolute Gasteiger partial charge is 0.244 e. The molecule has 2 aromatic carbocycles. The molecular weight excluding hydrogens is 322 g/mol. The van der Waals surface area contributed by atoms with Gasteiger partial charge in [-0.2, -0.15) is 0 Å². The van der Waals surface area contributed by atoms with Crippen LogP contribution in [0.5, 0.6) is 5.75 Å². The summed E-state index contributed by atoms with van der Waals surface area (Å²) in [5, 5.41) is 2.90. The summed E-state index contributed by atoms with van der Waals surface area (Å²) in [5.41, 5.74) is 3.47. The molecule has 1 N–H and O–H groups in total. The number of benzene rings is 2. The van der Waals surface area contributed by atoms with Crippen LogP contribution in [-0.2, 0) is 16.8 Å². The van der Waals surface area contributed by atoms with Gasteiger partial charge in [-0.25, -0.2) is 0 Å². The minimum Gasteiger partial charge on any atom is -0.491 e. The van der Waals surface area contributed by atoms with Crippen molar-refractivity contribution in [3.63, 3.8) is 0 Å². The third-order valence-corrected chi connectivity index (χ3v) is 3.97. The van der Waals surface area contributed by atoms with Gasteiger partial charge in [0.05, 0.1) is 6.10 Å². The number of ether oxygens (including phenoxy) is 1. The highest BCUT2D eigenvalue weighted by atomic mass is 16.5. The van der Waals surface area contributed by atoms with Crippen molar-refractivity contribution < 1.29 is 9.53 Å². The van der Waals surface area contributed by atoms with Crippen LogP contribution in [0.15, 0.2) is 54.6 Å². The molecule has 0 spiro atoms. The first-order valence-corrected chi connectivity index (χ1v) is 9.06. The second-order valence-electron chi connectivity index (χ2n) is 7.73. The maximum absolute atomic E-state index is 12.0. The van der Waals surface area contributed by atoms with E-state index in [2.05, 4.69) is 38.2 Å². The lowest BCUT2D eigenvalue weighted by Gasteiger charge is -2.18. The molecule has 0 aliphatic carbocycles. The van der Waals surface area contributed by atoms with E-state index in [0.29, 0.717) is 6.54 Å². The third-order valence-electron chi connectivity index (χ3n) is 3.97. The molecule has 0 saturated carbocycles. The Bertz CT molecular complexity index is 735. The van der Waals surface area contributed by atoms with Crippen LogP contribution in [0, 0.1) is 0 Å². The van der Waals surface area contributed by atoms with Crippen LogP contribution < -0.4 is 10.1 Å². The first-order valence-electron chi connectivity index (χ1n) is 9.06. The zero-order valence-electron chi connectivity index (χ0n) is 16.4. The predicted molar refractivity (Wildman–Crippen MR) is 108 cm³/mol. The molecule has 2 aromatic rings. The summed E-state index contributed by atoms with van der Waals surface area (Å²) in [6, 6.07) is 16.1. The number of rotatable bonds is 6. The summed E-state index contributed by atoms with van der Waals surface area (Å²) in [6.45, 7) is 11.1. The van der Waals surface area contributed by atoms with Gasteiger partial charge in [0.25, 0.3) is 0 Å². The first kappa shape index (κ1) is 19.8. The average molecular weight is 351 g/mol. The van der Waals surface area contributed by atoms with Gasteiger partial charge in [0.15, 0.2) is 0 Å². The van der Waals surface area contributed by atoms with Gasteiger partial charge in [-0.1, -0.05) is 57.2 Å². The fraction of sp³-hybridized carbons (Fsp3) is 0.348. The van der Waals surface area contributed by atoms with Crippen LogP contribution in [0.25, 0.3) is 6.08 Å². The molecule has 0 atom stereocenters. The van der Waals surface area contributed by atoms with E-state index >= 15 is 0 Å². The Kier molecular flexibility index (Phi) is 6.62. The van der Waals surface area contributed by atoms with Crippen LogP contribution in [0.3, 0.4) is 0 Å². The molecule has 0 bridgehead atoms. The van der Waals surface area contributed by atoms with Crippen molar-refractivity contribution in [2.75, 3.05) is 0 Å². The molecule has 0 aliphatic rings. The van der Waals surface area contributed by atoms with Crippen LogP contribution in [-0.4, -0.2) is 12.0 Å². The average Bonchev–Trinajstić information content (AvgIpc) is 2.58. The van der Waals surface area contributed by atoms with E-state index in [1.807, 2.05) is 56.3 Å². The molecule has 0 fully saturated rings. The molecule has 0 saturated heterocycles. The Balaban J connectivity index is 1.85. The van der Waals surface area contributed by atoms with Gasteiger partial charge in [-0.05, 0) is 54.2 Å². The number of hydrogen-bond acceptors (Lipinski definition) is 2. The van der Waals surface area contributed by atoms with E-state index in [1.165, 1.54) is 5.56 Å². The van der Waals surface area contributed by atoms with Crippen LogP contribution >= 0.6 is 0 Å². The van der Waals surface area contributed by atoms with Crippen molar-refractivity contribution in [1.82, 2.24) is 5.32 Å². The maximum Gasteiger partial charge on any atom is 0.244 e. The Morgan fingerprint density at radius 2 is 1.65 bits per heavy atom. The number of hydrogen-bond donors (Lipinski definition) is 1. The molecule has 3 heteroatoms. The number of amides is 1. The van der Waals surface area contributed by atoms with Crippen molar-refractivity contribution in [3.8, 4) is 5.75 Å². The highest BCUT2D eigenvalue weighted by molar-refractivity contribution is 5.91. The predicted octanol–water partition coefficient (Wildman–Crippen LogP) is 5.10. The minimum atomic E-state index is -0.104. The van der Waals surface area contributed by atoms with E-state index < -0.39 is 0 Å². The van der Waals surface area contributed by atoms with Gasteiger partial charge >= 0.3 is 0 Å². The molecule has 1 amide bonds. The van der Waals surface area contributed by atoms with Crippen LogP contribution in [0.2, 0.25) is 0 Å². The zero-order chi connectivity index (χ0) is 19.2. The summed E-state index contributed by atoms with van der Waals surface area (Å²) >= 11 is 0. The lowest BCUT2D eigenvalue weighted by Crippen LogP contribution is -2.20. The summed E-state index contributed by atoms with van der Waals surface area (Å²) < 4.78 is 5.61. The molecule has 0 heterocycles. The summed E-state index contributed by atoms with van der Waals surface area (Å²) in [5.74, 6) is 0.737. The quantitative estimate of drug-likeness (QED) is 0.735. The lowest BCUT2D eigenvalue weighted by molar-refractivity contribution is -0.116. The van der Waals surface area contributed by atoms with Gasteiger partial charge < -0.3 is 10.1 Å². The van der Waals surface area contributed by atoms with Gasteiger partial charge in [0.1, 0.15) is 5.75 Å². The van der Waals surface area contributed by atoms with Gasteiger partial charge in [0.2, 0.25) is 5.91 Å². The second kappa shape index (κ2) is 8.70. The molecule has 0 unspecified atom stereocenters. The fourth-order valence-electron chi connectivity index (χ4n) is 2.47. The lowest BCUT2D eigenvalue weighted by atomic mass is 9.87. The Labute approximate surface area is 157 Å². The van der Waals surface area contributed by atoms with Crippen LogP contribution in [0.1, 0.15) is 51.3 Å². The van der Waals surface area contributed by atoms with E-state index in [9.17, 15) is 4.79 Å². The first-order chi connectivity index (χ1) is 12.2. The number of carbonyl (C=O) groups excluding carboxylic acids is 1. The van der Waals surface area contributed by atoms with Crippen molar-refractivity contribution in [3.05, 3.63) is 71.3 Å². The van der Waals surface area contributed by atoms with E-state index in [-0.39, 0.29) is 17.4 Å². The summed E-state index contributed by atoms with van der Waals surface area (Å²) in [4.78, 5) is 12.0.